The van der Waals surface area contributed by atoms with Crippen molar-refractivity contribution in [1.82, 2.24) is 33.9 Å². The maximum absolute atomic E-state index is 13.7. The van der Waals surface area contributed by atoms with E-state index in [1.807, 2.05) is 35.2 Å². The molecule has 5 rings (SSSR count). The lowest BCUT2D eigenvalue weighted by molar-refractivity contribution is 0.612. The Balaban J connectivity index is 1.49. The number of nitrogens with one attached hydrogen (secondary N) is 1. The van der Waals surface area contributed by atoms with Gasteiger partial charge in [0.05, 0.1) is 12.5 Å². The first-order valence-corrected chi connectivity index (χ1v) is 10.1. The minimum Gasteiger partial charge on any atom is -0.368 e. The molecule has 0 aliphatic carbocycles. The summed E-state index contributed by atoms with van der Waals surface area (Å²) in [6, 6.07) is 7.48. The highest BCUT2D eigenvalue weighted by atomic mass is 19.1. The van der Waals surface area contributed by atoms with Crippen molar-refractivity contribution in [3.63, 3.8) is 0 Å². The van der Waals surface area contributed by atoms with Gasteiger partial charge in [0.2, 0.25) is 0 Å². The number of fused-ring (bicyclic) bond motifs is 2. The van der Waals surface area contributed by atoms with Crippen molar-refractivity contribution in [2.24, 2.45) is 0 Å². The second-order valence-electron chi connectivity index (χ2n) is 7.56. The van der Waals surface area contributed by atoms with Crippen molar-refractivity contribution in [3.8, 4) is 11.4 Å². The summed E-state index contributed by atoms with van der Waals surface area (Å²) in [6.07, 6.45) is 9.10. The molecule has 0 aliphatic rings. The Kier molecular flexibility index (Phi) is 4.78. The highest BCUT2D eigenvalue weighted by molar-refractivity contribution is 5.85. The Bertz CT molecular complexity index is 1370. The van der Waals surface area contributed by atoms with Gasteiger partial charge in [0, 0.05) is 48.9 Å². The van der Waals surface area contributed by atoms with Gasteiger partial charge < -0.3 is 14.3 Å². The predicted octanol–water partition coefficient (Wildman–Crippen LogP) is 3.91. The molecule has 8 nitrogen and oxygen atoms in total. The van der Waals surface area contributed by atoms with Crippen molar-refractivity contribution in [2.45, 2.75) is 26.3 Å². The molecule has 0 radical (unpaired) electrons. The predicted molar refractivity (Wildman–Crippen MR) is 116 cm³/mol. The van der Waals surface area contributed by atoms with E-state index in [9.17, 15) is 4.39 Å². The third-order valence-electron chi connectivity index (χ3n) is 5.11. The number of rotatable bonds is 6. The average molecular weight is 416 g/mol. The maximum Gasteiger partial charge on any atom is 0.166 e. The van der Waals surface area contributed by atoms with E-state index in [2.05, 4.69) is 48.5 Å². The first kappa shape index (κ1) is 19.1. The molecule has 31 heavy (non-hydrogen) atoms. The van der Waals surface area contributed by atoms with Gasteiger partial charge >= 0.3 is 0 Å². The Morgan fingerprint density at radius 2 is 2.00 bits per heavy atom. The Hall–Kier alpha value is -3.88. The molecular weight excluding hydrogens is 395 g/mol. The molecule has 5 heterocycles. The number of imidazole rings is 2. The zero-order valence-electron chi connectivity index (χ0n) is 17.2. The molecule has 0 amide bonds. The summed E-state index contributed by atoms with van der Waals surface area (Å²) >= 11 is 0. The van der Waals surface area contributed by atoms with E-state index < -0.39 is 5.82 Å². The number of aromatic nitrogens is 7. The van der Waals surface area contributed by atoms with Crippen molar-refractivity contribution < 1.29 is 4.39 Å². The third kappa shape index (κ3) is 3.58. The van der Waals surface area contributed by atoms with E-state index in [1.54, 1.807) is 12.5 Å². The van der Waals surface area contributed by atoms with Crippen LogP contribution in [0.4, 0.5) is 10.2 Å². The third-order valence-corrected chi connectivity index (χ3v) is 5.11. The van der Waals surface area contributed by atoms with E-state index >= 15 is 0 Å². The zero-order chi connectivity index (χ0) is 21.4. The smallest absolute Gasteiger partial charge is 0.166 e. The van der Waals surface area contributed by atoms with E-state index in [0.29, 0.717) is 34.9 Å². The highest BCUT2D eigenvalue weighted by Gasteiger charge is 2.16. The molecule has 0 fully saturated rings. The van der Waals surface area contributed by atoms with E-state index in [1.165, 1.54) is 6.07 Å². The van der Waals surface area contributed by atoms with Crippen LogP contribution in [0.5, 0.6) is 0 Å². The van der Waals surface area contributed by atoms with Crippen LogP contribution in [0.1, 0.15) is 25.6 Å². The second kappa shape index (κ2) is 7.75. The van der Waals surface area contributed by atoms with E-state index in [4.69, 9.17) is 0 Å². The van der Waals surface area contributed by atoms with Crippen LogP contribution in [-0.4, -0.2) is 40.4 Å². The average Bonchev–Trinajstić information content (AvgIpc) is 3.38. The molecule has 156 valence electrons. The monoisotopic (exact) mass is 416 g/mol. The molecule has 0 atom stereocenters. The van der Waals surface area contributed by atoms with E-state index in [-0.39, 0.29) is 6.04 Å². The quantitative estimate of drug-likeness (QED) is 0.452. The maximum atomic E-state index is 13.7. The lowest BCUT2D eigenvalue weighted by Gasteiger charge is -2.11. The second-order valence-corrected chi connectivity index (χ2v) is 7.56. The number of hydrogen-bond donors (Lipinski definition) is 1. The standard InChI is InChI=1S/C22H21FN8/c1-14(2)31-13-27-19-21(25-7-6-17-12-26-18-5-3-4-8-30(17)18)28-20(29-22(19)31)15-9-16(23)11-24-10-15/h3-5,8-14H,6-7H2,1-2H3,(H,25,28,29). The van der Waals surface area contributed by atoms with Gasteiger partial charge in [-0.1, -0.05) is 6.07 Å². The fourth-order valence-electron chi connectivity index (χ4n) is 3.56. The molecule has 5 aromatic heterocycles. The number of hydrogen-bond acceptors (Lipinski definition) is 6. The first-order valence-electron chi connectivity index (χ1n) is 10.1. The van der Waals surface area contributed by atoms with Crippen LogP contribution >= 0.6 is 0 Å². The lowest BCUT2D eigenvalue weighted by atomic mass is 10.2. The van der Waals surface area contributed by atoms with Gasteiger partial charge in [-0.25, -0.2) is 24.3 Å². The van der Waals surface area contributed by atoms with Gasteiger partial charge in [0.15, 0.2) is 17.3 Å². The number of halogens is 1. The van der Waals surface area contributed by atoms with Crippen LogP contribution in [-0.2, 0) is 6.42 Å². The molecule has 1 N–H and O–H groups in total. The highest BCUT2D eigenvalue weighted by Crippen LogP contribution is 2.26. The molecule has 0 saturated carbocycles. The Labute approximate surface area is 177 Å². The van der Waals surface area contributed by atoms with Crippen LogP contribution in [0.3, 0.4) is 0 Å². The van der Waals surface area contributed by atoms with Crippen LogP contribution in [0.25, 0.3) is 28.2 Å². The van der Waals surface area contributed by atoms with Crippen LogP contribution < -0.4 is 5.32 Å². The molecule has 0 unspecified atom stereocenters. The van der Waals surface area contributed by atoms with Gasteiger partial charge in [0.1, 0.15) is 17.0 Å². The fourth-order valence-corrected chi connectivity index (χ4v) is 3.56. The minimum atomic E-state index is -0.430. The largest absolute Gasteiger partial charge is 0.368 e. The van der Waals surface area contributed by atoms with Gasteiger partial charge in [-0.05, 0) is 32.0 Å². The molecule has 9 heteroatoms. The normalized spacial score (nSPS) is 11.6. The summed E-state index contributed by atoms with van der Waals surface area (Å²) in [5.41, 5.74) is 3.90. The van der Waals surface area contributed by atoms with E-state index in [0.717, 1.165) is 24.0 Å². The summed E-state index contributed by atoms with van der Waals surface area (Å²) in [5.74, 6) is 0.581. The fraction of sp³-hybridized carbons (Fsp3) is 0.227. The van der Waals surface area contributed by atoms with Gasteiger partial charge in [-0.3, -0.25) is 4.98 Å². The summed E-state index contributed by atoms with van der Waals surface area (Å²) < 4.78 is 17.8. The van der Waals surface area contributed by atoms with Crippen LogP contribution in [0, 0.1) is 5.82 Å². The SMILES string of the molecule is CC(C)n1cnc2c(NCCc3cnc4ccccn34)nc(-c3cncc(F)c3)nc21. The molecular formula is C22H21FN8. The topological polar surface area (TPSA) is 85.8 Å². The zero-order valence-corrected chi connectivity index (χ0v) is 17.2. The Morgan fingerprint density at radius 1 is 1.10 bits per heavy atom. The number of pyridine rings is 2. The molecule has 0 aliphatic heterocycles. The minimum absolute atomic E-state index is 0.171. The Morgan fingerprint density at radius 3 is 2.84 bits per heavy atom. The van der Waals surface area contributed by atoms with Gasteiger partial charge in [-0.2, -0.15) is 0 Å². The van der Waals surface area contributed by atoms with Crippen molar-refractivity contribution in [2.75, 3.05) is 11.9 Å². The molecule has 5 aromatic rings. The molecule has 0 bridgehead atoms. The van der Waals surface area contributed by atoms with Crippen LogP contribution in [0.15, 0.2) is 55.4 Å². The first-order chi connectivity index (χ1) is 15.1. The van der Waals surface area contributed by atoms with Gasteiger partial charge in [0.25, 0.3) is 0 Å². The van der Waals surface area contributed by atoms with Crippen LogP contribution in [0.2, 0.25) is 0 Å². The van der Waals surface area contributed by atoms with Gasteiger partial charge in [-0.15, -0.1) is 0 Å². The van der Waals surface area contributed by atoms with Crippen molar-refractivity contribution in [3.05, 3.63) is 66.9 Å². The number of nitrogens with zero attached hydrogens (tertiary/aromatic N) is 7. The molecule has 0 saturated heterocycles. The number of anilines is 1. The summed E-state index contributed by atoms with van der Waals surface area (Å²) in [4.78, 5) is 22.2. The van der Waals surface area contributed by atoms with Crippen molar-refractivity contribution >= 4 is 22.6 Å². The summed E-state index contributed by atoms with van der Waals surface area (Å²) in [7, 11) is 0. The molecule has 0 aromatic carbocycles. The summed E-state index contributed by atoms with van der Waals surface area (Å²) in [5, 5.41) is 3.39. The lowest BCUT2D eigenvalue weighted by Crippen LogP contribution is -2.10. The molecule has 0 spiro atoms. The summed E-state index contributed by atoms with van der Waals surface area (Å²) in [6.45, 7) is 4.75. The van der Waals surface area contributed by atoms with Crippen molar-refractivity contribution in [1.29, 1.82) is 0 Å².